The van der Waals surface area contributed by atoms with Crippen LogP contribution >= 0.6 is 0 Å². The van der Waals surface area contributed by atoms with Crippen molar-refractivity contribution in [3.8, 4) is 11.8 Å². The van der Waals surface area contributed by atoms with Crippen LogP contribution in [0.25, 0.3) is 0 Å². The van der Waals surface area contributed by atoms with Gasteiger partial charge in [-0.2, -0.15) is 0 Å². The largest absolute Gasteiger partial charge is 0.300 e. The van der Waals surface area contributed by atoms with Gasteiger partial charge in [0.2, 0.25) is 0 Å². The van der Waals surface area contributed by atoms with Gasteiger partial charge < -0.3 is 0 Å². The number of aryl methyl sites for hydroxylation is 1. The van der Waals surface area contributed by atoms with Crippen molar-refractivity contribution in [2.75, 3.05) is 6.54 Å². The van der Waals surface area contributed by atoms with Crippen molar-refractivity contribution in [3.63, 3.8) is 0 Å². The maximum atomic E-state index is 13.4. The molecule has 18 heavy (non-hydrogen) atoms. The van der Waals surface area contributed by atoms with E-state index in [4.69, 9.17) is 0 Å². The van der Waals surface area contributed by atoms with E-state index in [0.717, 1.165) is 5.56 Å². The summed E-state index contributed by atoms with van der Waals surface area (Å²) in [6.45, 7) is 10.7. The summed E-state index contributed by atoms with van der Waals surface area (Å²) in [7, 11) is 0. The van der Waals surface area contributed by atoms with Crippen LogP contribution < -0.4 is 5.32 Å². The molecule has 0 saturated carbocycles. The van der Waals surface area contributed by atoms with Crippen molar-refractivity contribution >= 4 is 0 Å². The molecule has 0 amide bonds. The Labute approximate surface area is 110 Å². The molecule has 1 N–H and O–H groups in total. The molecule has 98 valence electrons. The lowest BCUT2D eigenvalue weighted by molar-refractivity contribution is 0.567. The van der Waals surface area contributed by atoms with Gasteiger partial charge in [-0.15, -0.1) is 0 Å². The third-order valence-corrected chi connectivity index (χ3v) is 2.66. The van der Waals surface area contributed by atoms with Crippen molar-refractivity contribution in [3.05, 3.63) is 35.1 Å². The third kappa shape index (κ3) is 4.89. The molecule has 0 bridgehead atoms. The van der Waals surface area contributed by atoms with Crippen LogP contribution in [-0.2, 0) is 0 Å². The summed E-state index contributed by atoms with van der Waals surface area (Å²) in [5.74, 6) is 6.11. The molecule has 1 atom stereocenters. The molecule has 1 nitrogen and oxygen atoms in total. The maximum Gasteiger partial charge on any atom is 0.126 e. The van der Waals surface area contributed by atoms with Crippen molar-refractivity contribution in [1.82, 2.24) is 5.32 Å². The Balaban J connectivity index is 2.57. The molecule has 0 aliphatic heterocycles. The minimum Gasteiger partial charge on any atom is -0.300 e. The van der Waals surface area contributed by atoms with Crippen LogP contribution in [0.3, 0.4) is 0 Å². The Morgan fingerprint density at radius 2 is 2.00 bits per heavy atom. The lowest BCUT2D eigenvalue weighted by Crippen LogP contribution is -2.19. The highest BCUT2D eigenvalue weighted by Crippen LogP contribution is 2.16. The van der Waals surface area contributed by atoms with Crippen LogP contribution in [0.1, 0.15) is 44.9 Å². The molecule has 0 aliphatic rings. The van der Waals surface area contributed by atoms with Gasteiger partial charge in [0.25, 0.3) is 0 Å². The fraction of sp³-hybridized carbons (Fsp3) is 0.500. The summed E-state index contributed by atoms with van der Waals surface area (Å²) in [5, 5.41) is 3.28. The van der Waals surface area contributed by atoms with Crippen LogP contribution in [0.15, 0.2) is 18.2 Å². The number of rotatable bonds is 3. The molecular weight excluding hydrogens is 225 g/mol. The Hall–Kier alpha value is -1.33. The van der Waals surface area contributed by atoms with Gasteiger partial charge in [0, 0.05) is 11.5 Å². The predicted octanol–water partition coefficient (Wildman–Crippen LogP) is 3.83. The van der Waals surface area contributed by atoms with Crippen LogP contribution in [-0.4, -0.2) is 6.54 Å². The molecule has 2 heteroatoms. The topological polar surface area (TPSA) is 12.0 Å². The zero-order valence-electron chi connectivity index (χ0n) is 11.9. The first-order chi connectivity index (χ1) is 8.29. The van der Waals surface area contributed by atoms with Gasteiger partial charge in [-0.1, -0.05) is 24.0 Å². The highest BCUT2D eigenvalue weighted by molar-refractivity contribution is 5.25. The van der Waals surface area contributed by atoms with Crippen molar-refractivity contribution < 1.29 is 4.39 Å². The summed E-state index contributed by atoms with van der Waals surface area (Å²) < 4.78 is 13.4. The maximum absolute atomic E-state index is 13.4. The summed E-state index contributed by atoms with van der Waals surface area (Å²) in [6, 6.07) is 5.45. The van der Waals surface area contributed by atoms with Crippen molar-refractivity contribution in [1.29, 1.82) is 0 Å². The minimum atomic E-state index is -0.151. The molecule has 0 heterocycles. The molecule has 0 fully saturated rings. The normalized spacial score (nSPS) is 12.8. The molecule has 1 aromatic carbocycles. The van der Waals surface area contributed by atoms with E-state index in [1.807, 2.05) is 19.1 Å². The predicted molar refractivity (Wildman–Crippen MR) is 74.8 cm³/mol. The molecule has 0 aromatic heterocycles. The Kier molecular flexibility index (Phi) is 4.93. The second-order valence-electron chi connectivity index (χ2n) is 5.66. The molecular formula is C16H22FN. The molecule has 1 aromatic rings. The number of halogens is 1. The van der Waals surface area contributed by atoms with E-state index in [1.54, 1.807) is 13.0 Å². The lowest BCUT2D eigenvalue weighted by Gasteiger charge is -2.13. The highest BCUT2D eigenvalue weighted by Gasteiger charge is 2.07. The molecule has 1 unspecified atom stereocenters. The van der Waals surface area contributed by atoms with Crippen LogP contribution in [0.5, 0.6) is 0 Å². The SMILES string of the molecule is Cc1ccc(C(C)NCC#CC(C)(C)C)cc1F. The molecule has 0 spiro atoms. The Morgan fingerprint density at radius 3 is 2.56 bits per heavy atom. The summed E-state index contributed by atoms with van der Waals surface area (Å²) in [6.07, 6.45) is 0. The van der Waals surface area contributed by atoms with Gasteiger partial charge in [-0.3, -0.25) is 5.32 Å². The Bertz CT molecular complexity index is 460. The first-order valence-corrected chi connectivity index (χ1v) is 6.29. The van der Waals surface area contributed by atoms with E-state index in [1.165, 1.54) is 0 Å². The number of benzene rings is 1. The van der Waals surface area contributed by atoms with E-state index in [-0.39, 0.29) is 17.3 Å². The summed E-state index contributed by atoms with van der Waals surface area (Å²) in [4.78, 5) is 0. The van der Waals surface area contributed by atoms with E-state index in [9.17, 15) is 4.39 Å². The van der Waals surface area contributed by atoms with Crippen LogP contribution in [0.4, 0.5) is 4.39 Å². The first kappa shape index (κ1) is 14.7. The van der Waals surface area contributed by atoms with E-state index < -0.39 is 0 Å². The first-order valence-electron chi connectivity index (χ1n) is 6.29. The zero-order chi connectivity index (χ0) is 13.8. The fourth-order valence-corrected chi connectivity index (χ4v) is 1.51. The summed E-state index contributed by atoms with van der Waals surface area (Å²) in [5.41, 5.74) is 1.66. The van der Waals surface area contributed by atoms with Gasteiger partial charge in [0.1, 0.15) is 5.82 Å². The fourth-order valence-electron chi connectivity index (χ4n) is 1.51. The minimum absolute atomic E-state index is 0.0287. The average molecular weight is 247 g/mol. The van der Waals surface area contributed by atoms with E-state index in [0.29, 0.717) is 12.1 Å². The second kappa shape index (κ2) is 6.02. The van der Waals surface area contributed by atoms with Gasteiger partial charge in [-0.05, 0) is 51.8 Å². The van der Waals surface area contributed by atoms with Gasteiger partial charge >= 0.3 is 0 Å². The molecule has 1 rings (SSSR count). The molecule has 0 aliphatic carbocycles. The van der Waals surface area contributed by atoms with Gasteiger partial charge in [0.15, 0.2) is 0 Å². The quantitative estimate of drug-likeness (QED) is 0.800. The zero-order valence-corrected chi connectivity index (χ0v) is 11.9. The third-order valence-electron chi connectivity index (χ3n) is 2.66. The van der Waals surface area contributed by atoms with Gasteiger partial charge in [-0.25, -0.2) is 4.39 Å². The number of nitrogens with one attached hydrogen (secondary N) is 1. The monoisotopic (exact) mass is 247 g/mol. The average Bonchev–Trinajstić information content (AvgIpc) is 2.26. The standard InChI is InChI=1S/C16H22FN/c1-12-7-8-14(11-15(12)17)13(2)18-10-6-9-16(3,4)5/h7-8,11,13,18H,10H2,1-5H3. The highest BCUT2D eigenvalue weighted by atomic mass is 19.1. The Morgan fingerprint density at radius 1 is 1.33 bits per heavy atom. The van der Waals surface area contributed by atoms with E-state index >= 15 is 0 Å². The molecule has 0 radical (unpaired) electrons. The smallest absolute Gasteiger partial charge is 0.126 e. The number of hydrogen-bond acceptors (Lipinski definition) is 1. The lowest BCUT2D eigenvalue weighted by atomic mass is 9.98. The van der Waals surface area contributed by atoms with E-state index in [2.05, 4.69) is 37.9 Å². The number of hydrogen-bond donors (Lipinski definition) is 1. The molecule has 0 saturated heterocycles. The van der Waals surface area contributed by atoms with Crippen LogP contribution in [0, 0.1) is 30.0 Å². The van der Waals surface area contributed by atoms with Gasteiger partial charge in [0.05, 0.1) is 6.54 Å². The summed E-state index contributed by atoms with van der Waals surface area (Å²) >= 11 is 0. The second-order valence-corrected chi connectivity index (χ2v) is 5.66. The van der Waals surface area contributed by atoms with Crippen molar-refractivity contribution in [2.45, 2.75) is 40.7 Å². The van der Waals surface area contributed by atoms with Crippen LogP contribution in [0.2, 0.25) is 0 Å². The van der Waals surface area contributed by atoms with Crippen molar-refractivity contribution in [2.24, 2.45) is 5.41 Å².